The molecule has 0 spiro atoms. The third kappa shape index (κ3) is 4.93. The van der Waals surface area contributed by atoms with E-state index in [0.29, 0.717) is 12.1 Å². The first-order valence-corrected chi connectivity index (χ1v) is 10.1. The molecule has 7 heteroatoms. The summed E-state index contributed by atoms with van der Waals surface area (Å²) in [6, 6.07) is 9.60. The topological polar surface area (TPSA) is 79.6 Å². The Morgan fingerprint density at radius 3 is 2.28 bits per heavy atom. The Labute approximate surface area is 148 Å². The molecule has 1 atom stereocenters. The number of hydrogen-bond donors (Lipinski definition) is 1. The molecule has 0 aliphatic carbocycles. The number of sulfone groups is 1. The summed E-state index contributed by atoms with van der Waals surface area (Å²) >= 11 is 0. The average Bonchev–Trinajstić information content (AvgIpc) is 3.12. The largest absolute Gasteiger partial charge is 0.468 e. The summed E-state index contributed by atoms with van der Waals surface area (Å²) in [5.41, 5.74) is 0.421. The van der Waals surface area contributed by atoms with Crippen molar-refractivity contribution in [1.82, 2.24) is 10.2 Å². The third-order valence-corrected chi connectivity index (χ3v) is 5.25. The second-order valence-corrected chi connectivity index (χ2v) is 7.77. The molecule has 0 bridgehead atoms. The van der Waals surface area contributed by atoms with Gasteiger partial charge in [-0.1, -0.05) is 13.8 Å². The van der Waals surface area contributed by atoms with E-state index in [-0.39, 0.29) is 16.8 Å². The van der Waals surface area contributed by atoms with Gasteiger partial charge in [-0.25, -0.2) is 8.42 Å². The predicted octanol–water partition coefficient (Wildman–Crippen LogP) is 2.50. The molecule has 1 heterocycles. The van der Waals surface area contributed by atoms with Crippen LogP contribution in [0.3, 0.4) is 0 Å². The third-order valence-electron chi connectivity index (χ3n) is 4.13. The van der Waals surface area contributed by atoms with Gasteiger partial charge in [-0.15, -0.1) is 0 Å². The van der Waals surface area contributed by atoms with Gasteiger partial charge in [-0.3, -0.25) is 9.69 Å². The molecule has 0 aliphatic heterocycles. The molecule has 0 fully saturated rings. The van der Waals surface area contributed by atoms with Crippen LogP contribution in [0.15, 0.2) is 52.0 Å². The van der Waals surface area contributed by atoms with Crippen LogP contribution in [0.25, 0.3) is 0 Å². The van der Waals surface area contributed by atoms with E-state index < -0.39 is 9.84 Å². The van der Waals surface area contributed by atoms with Crippen molar-refractivity contribution in [3.8, 4) is 0 Å². The van der Waals surface area contributed by atoms with Crippen molar-refractivity contribution < 1.29 is 17.6 Å². The molecule has 1 amide bonds. The Morgan fingerprint density at radius 2 is 1.80 bits per heavy atom. The summed E-state index contributed by atoms with van der Waals surface area (Å²) < 4.78 is 28.5. The molecule has 0 unspecified atom stereocenters. The highest BCUT2D eigenvalue weighted by Gasteiger charge is 2.21. The van der Waals surface area contributed by atoms with E-state index in [2.05, 4.69) is 24.1 Å². The van der Waals surface area contributed by atoms with Gasteiger partial charge in [-0.2, -0.15) is 0 Å². The molecular weight excluding hydrogens is 340 g/mol. The molecule has 136 valence electrons. The number of furan rings is 1. The van der Waals surface area contributed by atoms with Gasteiger partial charge < -0.3 is 9.73 Å². The van der Waals surface area contributed by atoms with Crippen molar-refractivity contribution in [2.45, 2.75) is 24.8 Å². The maximum atomic E-state index is 12.4. The van der Waals surface area contributed by atoms with Gasteiger partial charge in [0.1, 0.15) is 5.76 Å². The van der Waals surface area contributed by atoms with Crippen LogP contribution in [0.1, 0.15) is 36.0 Å². The van der Waals surface area contributed by atoms with Crippen molar-refractivity contribution in [3.63, 3.8) is 0 Å². The lowest BCUT2D eigenvalue weighted by atomic mass is 10.1. The predicted molar refractivity (Wildman–Crippen MR) is 96.3 cm³/mol. The highest BCUT2D eigenvalue weighted by Crippen LogP contribution is 2.20. The fraction of sp³-hybridized carbons (Fsp3) is 0.389. The zero-order chi connectivity index (χ0) is 18.4. The molecule has 1 aromatic carbocycles. The number of likely N-dealkylation sites (N-methyl/N-ethyl adjacent to an activating group) is 1. The van der Waals surface area contributed by atoms with Crippen LogP contribution in [-0.2, 0) is 9.84 Å². The molecule has 1 N–H and O–H groups in total. The first kappa shape index (κ1) is 19.2. The number of benzene rings is 1. The molecule has 1 aromatic heterocycles. The number of nitrogens with zero attached hydrogens (tertiary/aromatic N) is 1. The Hall–Kier alpha value is -2.12. The van der Waals surface area contributed by atoms with Gasteiger partial charge in [0.15, 0.2) is 9.84 Å². The fourth-order valence-corrected chi connectivity index (χ4v) is 3.33. The summed E-state index contributed by atoms with van der Waals surface area (Å²) in [7, 11) is -3.27. The maximum Gasteiger partial charge on any atom is 0.251 e. The van der Waals surface area contributed by atoms with Crippen LogP contribution < -0.4 is 5.32 Å². The van der Waals surface area contributed by atoms with Crippen molar-refractivity contribution in [2.24, 2.45) is 0 Å². The van der Waals surface area contributed by atoms with Gasteiger partial charge in [0.05, 0.1) is 17.2 Å². The minimum atomic E-state index is -3.27. The average molecular weight is 364 g/mol. The van der Waals surface area contributed by atoms with Crippen LogP contribution in [0.4, 0.5) is 0 Å². The Balaban J connectivity index is 2.08. The number of hydrogen-bond acceptors (Lipinski definition) is 5. The van der Waals surface area contributed by atoms with Crippen molar-refractivity contribution in [2.75, 3.05) is 25.9 Å². The van der Waals surface area contributed by atoms with E-state index >= 15 is 0 Å². The zero-order valence-corrected chi connectivity index (χ0v) is 15.5. The molecule has 0 aliphatic rings. The normalized spacial score (nSPS) is 13.0. The number of amides is 1. The second kappa shape index (κ2) is 8.31. The summed E-state index contributed by atoms with van der Waals surface area (Å²) in [6.07, 6.45) is 2.76. The van der Waals surface area contributed by atoms with Crippen LogP contribution in [0.5, 0.6) is 0 Å². The van der Waals surface area contributed by atoms with E-state index in [4.69, 9.17) is 4.42 Å². The highest BCUT2D eigenvalue weighted by molar-refractivity contribution is 7.90. The maximum absolute atomic E-state index is 12.4. The standard InChI is InChI=1S/C18H24N2O4S/c1-4-20(5-2)16(17-7-6-12-24-17)13-19-18(21)14-8-10-15(11-9-14)25(3,22)23/h6-12,16H,4-5,13H2,1-3H3,(H,19,21)/t16-/m1/s1. The molecule has 0 saturated heterocycles. The lowest BCUT2D eigenvalue weighted by Gasteiger charge is -2.28. The van der Waals surface area contributed by atoms with Crippen LogP contribution in [0, 0.1) is 0 Å². The summed E-state index contributed by atoms with van der Waals surface area (Å²) in [5.74, 6) is 0.556. The number of nitrogens with one attached hydrogen (secondary N) is 1. The molecule has 0 radical (unpaired) electrons. The number of rotatable bonds is 8. The van der Waals surface area contributed by atoms with Crippen molar-refractivity contribution in [3.05, 3.63) is 54.0 Å². The zero-order valence-electron chi connectivity index (χ0n) is 14.7. The molecule has 0 saturated carbocycles. The van der Waals surface area contributed by atoms with Crippen LogP contribution in [-0.4, -0.2) is 45.1 Å². The Kier molecular flexibility index (Phi) is 6.39. The fourth-order valence-electron chi connectivity index (χ4n) is 2.70. The summed E-state index contributed by atoms with van der Waals surface area (Å²) in [5, 5.41) is 2.90. The minimum Gasteiger partial charge on any atom is -0.468 e. The first-order valence-electron chi connectivity index (χ1n) is 8.22. The molecule has 6 nitrogen and oxygen atoms in total. The smallest absolute Gasteiger partial charge is 0.251 e. The minimum absolute atomic E-state index is 0.0516. The SMILES string of the molecule is CCN(CC)[C@H](CNC(=O)c1ccc(S(C)(=O)=O)cc1)c1ccco1. The lowest BCUT2D eigenvalue weighted by Crippen LogP contribution is -2.37. The quantitative estimate of drug-likeness (QED) is 0.778. The second-order valence-electron chi connectivity index (χ2n) is 5.76. The van der Waals surface area contributed by atoms with Crippen LogP contribution in [0.2, 0.25) is 0 Å². The van der Waals surface area contributed by atoms with E-state index in [9.17, 15) is 13.2 Å². The number of carbonyl (C=O) groups excluding carboxylic acids is 1. The van der Waals surface area contributed by atoms with E-state index in [0.717, 1.165) is 25.1 Å². The van der Waals surface area contributed by atoms with Crippen molar-refractivity contribution >= 4 is 15.7 Å². The van der Waals surface area contributed by atoms with E-state index in [1.165, 1.54) is 24.3 Å². The van der Waals surface area contributed by atoms with E-state index in [1.807, 2.05) is 12.1 Å². The Morgan fingerprint density at radius 1 is 1.16 bits per heavy atom. The van der Waals surface area contributed by atoms with Gasteiger partial charge in [0.2, 0.25) is 0 Å². The number of carbonyl (C=O) groups is 1. The molecule has 25 heavy (non-hydrogen) atoms. The van der Waals surface area contributed by atoms with Gasteiger partial charge in [0, 0.05) is 18.4 Å². The monoisotopic (exact) mass is 364 g/mol. The molecule has 2 aromatic rings. The summed E-state index contributed by atoms with van der Waals surface area (Å²) in [4.78, 5) is 14.8. The molecular formula is C18H24N2O4S. The van der Waals surface area contributed by atoms with E-state index in [1.54, 1.807) is 6.26 Å². The highest BCUT2D eigenvalue weighted by atomic mass is 32.2. The summed E-state index contributed by atoms with van der Waals surface area (Å²) in [6.45, 7) is 6.19. The van der Waals surface area contributed by atoms with Gasteiger partial charge in [0.25, 0.3) is 5.91 Å². The van der Waals surface area contributed by atoms with Crippen molar-refractivity contribution in [1.29, 1.82) is 0 Å². The van der Waals surface area contributed by atoms with Crippen LogP contribution >= 0.6 is 0 Å². The lowest BCUT2D eigenvalue weighted by molar-refractivity contribution is 0.0929. The van der Waals surface area contributed by atoms with Gasteiger partial charge in [-0.05, 0) is 49.5 Å². The van der Waals surface area contributed by atoms with Gasteiger partial charge >= 0.3 is 0 Å². The first-order chi connectivity index (χ1) is 11.9. The Bertz CT molecular complexity index is 779. The molecule has 2 rings (SSSR count).